The quantitative estimate of drug-likeness (QED) is 0.298. The molecule has 1 atom stereocenters. The largest absolute Gasteiger partial charge is 0.448 e. The fourth-order valence-electron chi connectivity index (χ4n) is 0.306. The average molecular weight is 196 g/mol. The van der Waals surface area contributed by atoms with Crippen LogP contribution in [-0.4, -0.2) is 24.2 Å². The molecule has 12 heavy (non-hydrogen) atoms. The Hall–Kier alpha value is -0.860. The molecular weight excluding hydrogens is 182 g/mol. The fourth-order valence-corrected chi connectivity index (χ4v) is 0.414. The molecule has 0 heterocycles. The van der Waals surface area contributed by atoms with Gasteiger partial charge in [0.05, 0.1) is 0 Å². The van der Waals surface area contributed by atoms with Crippen molar-refractivity contribution in [3.05, 3.63) is 0 Å². The number of carbonyl (C=O) groups is 1. The van der Waals surface area contributed by atoms with Crippen LogP contribution in [0.25, 0.3) is 0 Å². The van der Waals surface area contributed by atoms with Crippen molar-refractivity contribution >= 4 is 23.7 Å². The highest BCUT2D eigenvalue weighted by molar-refractivity contribution is 6.17. The topological polar surface area (TPSA) is 55.7 Å². The first-order chi connectivity index (χ1) is 4.72. The molecule has 0 rings (SSSR count). The van der Waals surface area contributed by atoms with Gasteiger partial charge in [-0.2, -0.15) is 4.99 Å². The van der Waals surface area contributed by atoms with E-state index in [1.54, 1.807) is 0 Å². The molecule has 0 aromatic rings. The van der Waals surface area contributed by atoms with Crippen molar-refractivity contribution in [2.75, 3.05) is 6.07 Å². The summed E-state index contributed by atoms with van der Waals surface area (Å²) < 4.78 is 4.31. The summed E-state index contributed by atoms with van der Waals surface area (Å²) >= 11 is 5.06. The predicted octanol–water partition coefficient (Wildman–Crippen LogP) is 1.72. The molecule has 0 aliphatic heterocycles. The molecule has 0 bridgehead atoms. The van der Waals surface area contributed by atoms with Gasteiger partial charge in [0.15, 0.2) is 12.1 Å². The molecule has 0 N–H and O–H groups in total. The Bertz CT molecular complexity index is 166. The predicted molar refractivity (Wildman–Crippen MR) is 47.9 cm³/mol. The minimum atomic E-state index is -0.809. The molecule has 0 saturated carbocycles. The smallest absolute Gasteiger partial charge is 0.332 e. The number of carbonyl (C=O) groups excluding carboxylic acids is 2. The molecule has 0 spiro atoms. The molecule has 4 nitrogen and oxygen atoms in total. The van der Waals surface area contributed by atoms with Gasteiger partial charge in [-0.15, -0.1) is 0 Å². The first-order valence-corrected chi connectivity index (χ1v) is 3.05. The number of isocyanates is 1. The van der Waals surface area contributed by atoms with Crippen molar-refractivity contribution in [1.29, 1.82) is 0 Å². The summed E-state index contributed by atoms with van der Waals surface area (Å²) in [4.78, 5) is 23.2. The van der Waals surface area contributed by atoms with Crippen molar-refractivity contribution < 1.29 is 14.3 Å². The summed E-state index contributed by atoms with van der Waals surface area (Å²) in [5.41, 5.74) is 0. The second kappa shape index (κ2) is 10.1. The van der Waals surface area contributed by atoms with Gasteiger partial charge < -0.3 is 4.74 Å². The van der Waals surface area contributed by atoms with Crippen LogP contribution in [0.1, 0.15) is 21.8 Å². The third kappa shape index (κ3) is 7.25. The zero-order valence-electron chi connectivity index (χ0n) is 5.33. The van der Waals surface area contributed by atoms with Crippen LogP contribution in [0.2, 0.25) is 0 Å². The van der Waals surface area contributed by atoms with Crippen LogP contribution in [0.3, 0.4) is 0 Å². The van der Waals surface area contributed by atoms with Crippen LogP contribution >= 0.6 is 11.6 Å². The van der Waals surface area contributed by atoms with Crippen molar-refractivity contribution in [2.24, 2.45) is 4.99 Å². The van der Waals surface area contributed by atoms with Gasteiger partial charge in [-0.25, -0.2) is 9.59 Å². The number of aliphatic imine (C=N–C) groups is 1. The Kier molecular flexibility index (Phi) is 14.6. The van der Waals surface area contributed by atoms with E-state index in [-0.39, 0.29) is 20.9 Å². The van der Waals surface area contributed by atoms with E-state index in [0.29, 0.717) is 0 Å². The fraction of sp³-hybridized carbons (Fsp3) is 0.714. The number of rotatable bonds is 3. The highest BCUT2D eigenvalue weighted by atomic mass is 35.5. The summed E-state index contributed by atoms with van der Waals surface area (Å²) in [5, 5.41) is 0. The SMILES string of the molecule is C.C.CC(N=C=O)C(=O)OCCl. The summed E-state index contributed by atoms with van der Waals surface area (Å²) in [6, 6.07) is -1.03. The Morgan fingerprint density at radius 2 is 2.17 bits per heavy atom. The summed E-state index contributed by atoms with van der Waals surface area (Å²) in [7, 11) is 0. The van der Waals surface area contributed by atoms with Gasteiger partial charge in [0.25, 0.3) is 0 Å². The lowest BCUT2D eigenvalue weighted by atomic mass is 10.4. The number of alkyl halides is 1. The third-order valence-corrected chi connectivity index (χ3v) is 0.893. The molecule has 0 fully saturated rings. The summed E-state index contributed by atoms with van der Waals surface area (Å²) in [5.74, 6) is -0.627. The minimum Gasteiger partial charge on any atom is -0.448 e. The third-order valence-electron chi connectivity index (χ3n) is 0.784. The van der Waals surface area contributed by atoms with Crippen LogP contribution in [0.15, 0.2) is 4.99 Å². The standard InChI is InChI=1S/C5H6ClNO3.2CH4/c1-4(7-3-8)5(9)10-2-6;;/h4H,2H2,1H3;2*1H4. The maximum Gasteiger partial charge on any atom is 0.332 e. The van der Waals surface area contributed by atoms with E-state index in [9.17, 15) is 9.59 Å². The lowest BCUT2D eigenvalue weighted by molar-refractivity contribution is -0.142. The van der Waals surface area contributed by atoms with E-state index in [1.165, 1.54) is 13.0 Å². The molecule has 0 aromatic carbocycles. The highest BCUT2D eigenvalue weighted by Gasteiger charge is 2.11. The van der Waals surface area contributed by atoms with Crippen LogP contribution in [0, 0.1) is 0 Å². The molecule has 0 aliphatic carbocycles. The molecule has 72 valence electrons. The van der Waals surface area contributed by atoms with Crippen molar-refractivity contribution in [2.45, 2.75) is 27.8 Å². The second-order valence-corrected chi connectivity index (χ2v) is 1.69. The van der Waals surface area contributed by atoms with E-state index in [1.807, 2.05) is 0 Å². The Morgan fingerprint density at radius 1 is 1.67 bits per heavy atom. The van der Waals surface area contributed by atoms with E-state index in [2.05, 4.69) is 9.73 Å². The Balaban J connectivity index is -0.000000405. The van der Waals surface area contributed by atoms with E-state index < -0.39 is 12.0 Å². The molecule has 0 amide bonds. The molecule has 5 heteroatoms. The maximum absolute atomic E-state index is 10.6. The lowest BCUT2D eigenvalue weighted by Gasteiger charge is -2.00. The molecule has 0 aliphatic rings. The second-order valence-electron chi connectivity index (χ2n) is 1.47. The summed E-state index contributed by atoms with van der Waals surface area (Å²) in [6.07, 6.45) is 1.24. The van der Waals surface area contributed by atoms with Crippen molar-refractivity contribution in [1.82, 2.24) is 0 Å². The van der Waals surface area contributed by atoms with Gasteiger partial charge in [-0.1, -0.05) is 26.5 Å². The number of hydrogen-bond donors (Lipinski definition) is 0. The van der Waals surface area contributed by atoms with Gasteiger partial charge in [-0.05, 0) is 6.92 Å². The monoisotopic (exact) mass is 195 g/mol. The Labute approximate surface area is 77.6 Å². The van der Waals surface area contributed by atoms with Crippen LogP contribution in [0.4, 0.5) is 0 Å². The average Bonchev–Trinajstić information content (AvgIpc) is 1.89. The number of nitrogens with zero attached hydrogens (tertiary/aromatic N) is 1. The summed E-state index contributed by atoms with van der Waals surface area (Å²) in [6.45, 7) is 1.42. The first kappa shape index (κ1) is 17.3. The van der Waals surface area contributed by atoms with Crippen LogP contribution < -0.4 is 0 Å². The van der Waals surface area contributed by atoms with E-state index in [0.717, 1.165) is 0 Å². The molecule has 0 radical (unpaired) electrons. The van der Waals surface area contributed by atoms with Crippen LogP contribution in [0.5, 0.6) is 0 Å². The maximum atomic E-state index is 10.6. The number of halogens is 1. The highest BCUT2D eigenvalue weighted by Crippen LogP contribution is 1.92. The van der Waals surface area contributed by atoms with Gasteiger partial charge in [-0.3, -0.25) is 0 Å². The van der Waals surface area contributed by atoms with Gasteiger partial charge in [0.1, 0.15) is 0 Å². The lowest BCUT2D eigenvalue weighted by Crippen LogP contribution is -2.16. The molecule has 1 unspecified atom stereocenters. The first-order valence-electron chi connectivity index (χ1n) is 2.52. The zero-order chi connectivity index (χ0) is 7.98. The van der Waals surface area contributed by atoms with Gasteiger partial charge in [0, 0.05) is 0 Å². The van der Waals surface area contributed by atoms with E-state index >= 15 is 0 Å². The number of esters is 1. The normalized spacial score (nSPS) is 9.50. The van der Waals surface area contributed by atoms with E-state index in [4.69, 9.17) is 11.6 Å². The molecule has 0 saturated heterocycles. The van der Waals surface area contributed by atoms with Gasteiger partial charge >= 0.3 is 5.97 Å². The van der Waals surface area contributed by atoms with Crippen LogP contribution in [-0.2, 0) is 14.3 Å². The zero-order valence-corrected chi connectivity index (χ0v) is 6.09. The number of hydrogen-bond acceptors (Lipinski definition) is 4. The molecule has 0 aromatic heterocycles. The molecular formula is C7H14ClNO3. The van der Waals surface area contributed by atoms with Crippen molar-refractivity contribution in [3.63, 3.8) is 0 Å². The van der Waals surface area contributed by atoms with Gasteiger partial charge in [0.2, 0.25) is 6.08 Å². The Morgan fingerprint density at radius 3 is 2.50 bits per heavy atom. The number of ether oxygens (including phenoxy) is 1. The minimum absolute atomic E-state index is 0. The van der Waals surface area contributed by atoms with Crippen molar-refractivity contribution in [3.8, 4) is 0 Å².